The third-order valence-electron chi connectivity index (χ3n) is 5.78. The van der Waals surface area contributed by atoms with Gasteiger partial charge < -0.3 is 15.0 Å². The average Bonchev–Trinajstić information content (AvgIpc) is 3.11. The fourth-order valence-corrected chi connectivity index (χ4v) is 4.99. The molecular weight excluding hydrogens is 512 g/mol. The van der Waals surface area contributed by atoms with Crippen molar-refractivity contribution in [2.45, 2.75) is 12.9 Å². The Labute approximate surface area is 213 Å². The number of ether oxygens (including phenoxy) is 1. The fraction of sp³-hybridized carbons (Fsp3) is 0.0741. The van der Waals surface area contributed by atoms with Crippen molar-refractivity contribution in [2.24, 2.45) is 5.73 Å². The normalized spacial score (nSPS) is 11.8. The number of fused-ring (bicyclic) bond motifs is 3. The Balaban J connectivity index is 1.74. The second-order valence-electron chi connectivity index (χ2n) is 8.09. The molecule has 0 saturated heterocycles. The highest BCUT2D eigenvalue weighted by Crippen LogP contribution is 2.39. The van der Waals surface area contributed by atoms with Gasteiger partial charge in [0.1, 0.15) is 5.75 Å². The number of benzene rings is 4. The second kappa shape index (κ2) is 9.08. The molecule has 0 aliphatic heterocycles. The zero-order valence-corrected chi connectivity index (χ0v) is 19.9. The van der Waals surface area contributed by atoms with Crippen LogP contribution in [-0.4, -0.2) is 16.8 Å². The molecule has 0 unspecified atom stereocenters. The third kappa shape index (κ3) is 4.47. The number of rotatable bonds is 5. The summed E-state index contributed by atoms with van der Waals surface area (Å²) in [6.45, 7) is 0.185. The van der Waals surface area contributed by atoms with Gasteiger partial charge in [0.05, 0.1) is 11.0 Å². The number of hydrogen-bond donors (Lipinski definition) is 1. The molecule has 9 heteroatoms. The van der Waals surface area contributed by atoms with Gasteiger partial charge in [0.15, 0.2) is 0 Å². The second-order valence-corrected chi connectivity index (χ2v) is 8.90. The summed E-state index contributed by atoms with van der Waals surface area (Å²) in [6, 6.07) is 22.9. The van der Waals surface area contributed by atoms with Gasteiger partial charge in [0, 0.05) is 38.5 Å². The maximum atomic E-state index is 12.8. The Morgan fingerprint density at radius 2 is 1.67 bits per heavy atom. The number of alkyl halides is 3. The maximum absolute atomic E-state index is 12.8. The molecule has 0 fully saturated rings. The minimum atomic E-state index is -4.81. The minimum Gasteiger partial charge on any atom is -0.406 e. The number of carbonyl (C=O) groups is 1. The SMILES string of the molecule is NC(=O)c1cccc2c1c1[c]cc(-c3c(Cl)cccc3Cl)cc1n2Cc1cccc(OC(F)(F)F)c1. The number of hydrogen-bond acceptors (Lipinski definition) is 2. The summed E-state index contributed by atoms with van der Waals surface area (Å²) in [6.07, 6.45) is -4.81. The van der Waals surface area contributed by atoms with Gasteiger partial charge in [-0.05, 0) is 65.7 Å². The quantitative estimate of drug-likeness (QED) is 0.255. The van der Waals surface area contributed by atoms with Crippen LogP contribution in [0.25, 0.3) is 32.9 Å². The van der Waals surface area contributed by atoms with Crippen LogP contribution in [0.5, 0.6) is 5.75 Å². The van der Waals surface area contributed by atoms with Crippen molar-refractivity contribution >= 4 is 50.9 Å². The molecule has 5 rings (SSSR count). The number of nitrogens with two attached hydrogens (primary N) is 1. The molecule has 1 radical (unpaired) electrons. The molecule has 0 aliphatic rings. The molecule has 1 aromatic heterocycles. The van der Waals surface area contributed by atoms with E-state index in [1.807, 2.05) is 16.7 Å². The highest BCUT2D eigenvalue weighted by atomic mass is 35.5. The van der Waals surface area contributed by atoms with Crippen LogP contribution in [0, 0.1) is 6.07 Å². The van der Waals surface area contributed by atoms with E-state index in [9.17, 15) is 18.0 Å². The van der Waals surface area contributed by atoms with Gasteiger partial charge in [-0.3, -0.25) is 4.79 Å². The zero-order chi connectivity index (χ0) is 25.6. The standard InChI is InChI=1S/C27H16Cl2F3N2O2/c28-20-7-3-8-21(29)24(20)16-10-11-18-23(13-16)34(22-9-2-6-19(25(18)22)26(33)35)14-15-4-1-5-17(12-15)36-27(30,31)32/h1-10,12-13H,14H2,(H2,33,35). The molecule has 4 aromatic carbocycles. The van der Waals surface area contributed by atoms with E-state index in [0.717, 1.165) is 0 Å². The van der Waals surface area contributed by atoms with E-state index in [1.165, 1.54) is 18.2 Å². The molecule has 5 aromatic rings. The molecule has 1 heterocycles. The summed E-state index contributed by atoms with van der Waals surface area (Å²) in [4.78, 5) is 12.2. The highest BCUT2D eigenvalue weighted by Gasteiger charge is 2.31. The van der Waals surface area contributed by atoms with Crippen LogP contribution in [-0.2, 0) is 6.54 Å². The Morgan fingerprint density at radius 1 is 0.972 bits per heavy atom. The van der Waals surface area contributed by atoms with Crippen molar-refractivity contribution in [3.8, 4) is 16.9 Å². The molecule has 4 nitrogen and oxygen atoms in total. The summed E-state index contributed by atoms with van der Waals surface area (Å²) < 4.78 is 44.3. The first-order valence-electron chi connectivity index (χ1n) is 10.7. The third-order valence-corrected chi connectivity index (χ3v) is 6.41. The van der Waals surface area contributed by atoms with Crippen molar-refractivity contribution in [1.82, 2.24) is 4.57 Å². The van der Waals surface area contributed by atoms with Crippen LogP contribution in [0.3, 0.4) is 0 Å². The van der Waals surface area contributed by atoms with Gasteiger partial charge >= 0.3 is 6.36 Å². The molecule has 0 saturated carbocycles. The first kappa shape index (κ1) is 24.0. The smallest absolute Gasteiger partial charge is 0.406 e. The molecule has 2 N–H and O–H groups in total. The molecule has 36 heavy (non-hydrogen) atoms. The molecule has 0 bridgehead atoms. The van der Waals surface area contributed by atoms with Crippen molar-refractivity contribution < 1.29 is 22.7 Å². The molecule has 1 amide bonds. The Bertz CT molecular complexity index is 1620. The molecule has 181 valence electrons. The van der Waals surface area contributed by atoms with E-state index in [1.54, 1.807) is 42.5 Å². The van der Waals surface area contributed by atoms with Gasteiger partial charge in [-0.2, -0.15) is 0 Å². The molecule has 0 spiro atoms. The minimum absolute atomic E-state index is 0.185. The molecule has 0 atom stereocenters. The van der Waals surface area contributed by atoms with Crippen LogP contribution in [0.1, 0.15) is 15.9 Å². The van der Waals surface area contributed by atoms with Gasteiger partial charge in [-0.15, -0.1) is 13.2 Å². The van der Waals surface area contributed by atoms with E-state index in [-0.39, 0.29) is 12.3 Å². The molecule has 0 aliphatic carbocycles. The number of primary amides is 1. The van der Waals surface area contributed by atoms with E-state index < -0.39 is 12.3 Å². The highest BCUT2D eigenvalue weighted by molar-refractivity contribution is 6.39. The average molecular weight is 528 g/mol. The van der Waals surface area contributed by atoms with Crippen molar-refractivity contribution in [3.63, 3.8) is 0 Å². The van der Waals surface area contributed by atoms with E-state index in [0.29, 0.717) is 54.1 Å². The zero-order valence-electron chi connectivity index (χ0n) is 18.4. The summed E-state index contributed by atoms with van der Waals surface area (Å²) >= 11 is 12.9. The number of aromatic nitrogens is 1. The maximum Gasteiger partial charge on any atom is 0.573 e. The number of carbonyl (C=O) groups excluding carboxylic acids is 1. The summed E-state index contributed by atoms with van der Waals surface area (Å²) in [5.74, 6) is -0.930. The van der Waals surface area contributed by atoms with Crippen molar-refractivity contribution in [2.75, 3.05) is 0 Å². The van der Waals surface area contributed by atoms with Gasteiger partial charge in [0.25, 0.3) is 0 Å². The predicted molar refractivity (Wildman–Crippen MR) is 134 cm³/mol. The predicted octanol–water partition coefficient (Wildman–Crippen LogP) is 7.61. The number of nitrogens with zero attached hydrogens (tertiary/aromatic N) is 1. The lowest BCUT2D eigenvalue weighted by Crippen LogP contribution is -2.17. The monoisotopic (exact) mass is 527 g/mol. The van der Waals surface area contributed by atoms with E-state index >= 15 is 0 Å². The van der Waals surface area contributed by atoms with E-state index in [4.69, 9.17) is 28.9 Å². The van der Waals surface area contributed by atoms with Crippen LogP contribution >= 0.6 is 23.2 Å². The Morgan fingerprint density at radius 3 is 2.36 bits per heavy atom. The number of halogens is 5. The lowest BCUT2D eigenvalue weighted by Gasteiger charge is -2.12. The Kier molecular flexibility index (Phi) is 6.06. The first-order valence-corrected chi connectivity index (χ1v) is 11.4. The molecular formula is C27H16Cl2F3N2O2. The summed E-state index contributed by atoms with van der Waals surface area (Å²) in [5, 5.41) is 2.13. The Hall–Kier alpha value is -3.68. The van der Waals surface area contributed by atoms with Gasteiger partial charge in [0.2, 0.25) is 5.91 Å². The van der Waals surface area contributed by atoms with Crippen molar-refractivity contribution in [3.05, 3.63) is 100 Å². The van der Waals surface area contributed by atoms with Gasteiger partial charge in [-0.1, -0.05) is 47.5 Å². The van der Waals surface area contributed by atoms with Crippen LogP contribution in [0.4, 0.5) is 13.2 Å². The first-order chi connectivity index (χ1) is 17.1. The van der Waals surface area contributed by atoms with Gasteiger partial charge in [-0.25, -0.2) is 0 Å². The van der Waals surface area contributed by atoms with Crippen LogP contribution in [0.2, 0.25) is 10.0 Å². The fourth-order valence-electron chi connectivity index (χ4n) is 4.37. The summed E-state index contributed by atoms with van der Waals surface area (Å²) in [5.41, 5.74) is 9.17. The van der Waals surface area contributed by atoms with Crippen molar-refractivity contribution in [1.29, 1.82) is 0 Å². The lowest BCUT2D eigenvalue weighted by molar-refractivity contribution is -0.274. The lowest BCUT2D eigenvalue weighted by atomic mass is 10.0. The summed E-state index contributed by atoms with van der Waals surface area (Å²) in [7, 11) is 0. The topological polar surface area (TPSA) is 57.2 Å². The van der Waals surface area contributed by atoms with Crippen LogP contribution < -0.4 is 10.5 Å². The number of amides is 1. The van der Waals surface area contributed by atoms with Crippen LogP contribution in [0.15, 0.2) is 72.8 Å². The largest absolute Gasteiger partial charge is 0.573 e. The van der Waals surface area contributed by atoms with E-state index in [2.05, 4.69) is 10.8 Å².